The van der Waals surface area contributed by atoms with Gasteiger partial charge in [-0.3, -0.25) is 4.79 Å². The van der Waals surface area contributed by atoms with Crippen LogP contribution in [0, 0.1) is 6.92 Å². The van der Waals surface area contributed by atoms with Gasteiger partial charge in [0.1, 0.15) is 16.5 Å². The lowest BCUT2D eigenvalue weighted by Crippen LogP contribution is -2.15. The van der Waals surface area contributed by atoms with Crippen molar-refractivity contribution in [2.45, 2.75) is 26.2 Å². The molecule has 80 valence electrons. The van der Waals surface area contributed by atoms with Crippen LogP contribution in [0.15, 0.2) is 0 Å². The van der Waals surface area contributed by atoms with Gasteiger partial charge in [-0.15, -0.1) is 0 Å². The van der Waals surface area contributed by atoms with Crippen LogP contribution in [0.25, 0.3) is 0 Å². The Bertz CT molecular complexity index is 429. The maximum Gasteiger partial charge on any atom is 0.181 e. The van der Waals surface area contributed by atoms with Gasteiger partial charge in [0.05, 0.1) is 12.8 Å². The molecule has 0 spiro atoms. The third-order valence-electron chi connectivity index (χ3n) is 2.66. The van der Waals surface area contributed by atoms with Gasteiger partial charge in [0.25, 0.3) is 0 Å². The van der Waals surface area contributed by atoms with Crippen LogP contribution in [0.3, 0.4) is 0 Å². The van der Waals surface area contributed by atoms with Crippen LogP contribution in [0.1, 0.15) is 34.6 Å². The minimum atomic E-state index is 0.0920. The van der Waals surface area contributed by atoms with Gasteiger partial charge in [-0.05, 0) is 19.8 Å². The quantitative estimate of drug-likeness (QED) is 0.738. The standard InChI is InChI=1S/C11H12ClNO2/c1-6-9(12)11(15-2)7-4-3-5-8(14)10(7)13-6/h3-5H2,1-2H3. The summed E-state index contributed by atoms with van der Waals surface area (Å²) in [4.78, 5) is 15.9. The molecular weight excluding hydrogens is 214 g/mol. The summed E-state index contributed by atoms with van der Waals surface area (Å²) in [5.41, 5.74) is 2.06. The number of carbonyl (C=O) groups is 1. The number of fused-ring (bicyclic) bond motifs is 1. The Hall–Kier alpha value is -1.09. The van der Waals surface area contributed by atoms with Gasteiger partial charge in [-0.1, -0.05) is 11.6 Å². The van der Waals surface area contributed by atoms with E-state index in [1.807, 2.05) is 0 Å². The maximum absolute atomic E-state index is 11.7. The molecule has 2 rings (SSSR count). The fourth-order valence-electron chi connectivity index (χ4n) is 1.91. The van der Waals surface area contributed by atoms with Gasteiger partial charge >= 0.3 is 0 Å². The summed E-state index contributed by atoms with van der Waals surface area (Å²) in [6.07, 6.45) is 2.24. The number of pyridine rings is 1. The predicted octanol–water partition coefficient (Wildman–Crippen LogP) is 2.57. The first-order valence-electron chi connectivity index (χ1n) is 4.91. The smallest absolute Gasteiger partial charge is 0.181 e. The van der Waals surface area contributed by atoms with E-state index in [0.29, 0.717) is 28.6 Å². The number of ketones is 1. The molecule has 0 bridgehead atoms. The van der Waals surface area contributed by atoms with E-state index >= 15 is 0 Å². The fourth-order valence-corrected chi connectivity index (χ4v) is 2.14. The monoisotopic (exact) mass is 225 g/mol. The number of hydrogen-bond acceptors (Lipinski definition) is 3. The van der Waals surface area contributed by atoms with Crippen molar-refractivity contribution in [3.63, 3.8) is 0 Å². The van der Waals surface area contributed by atoms with Gasteiger partial charge in [0, 0.05) is 12.0 Å². The minimum absolute atomic E-state index is 0.0920. The van der Waals surface area contributed by atoms with Crippen molar-refractivity contribution in [1.29, 1.82) is 0 Å². The molecule has 4 heteroatoms. The van der Waals surface area contributed by atoms with Crippen LogP contribution in [0.5, 0.6) is 5.75 Å². The number of methoxy groups -OCH3 is 1. The molecule has 0 aliphatic heterocycles. The average molecular weight is 226 g/mol. The zero-order chi connectivity index (χ0) is 11.0. The molecule has 15 heavy (non-hydrogen) atoms. The zero-order valence-electron chi connectivity index (χ0n) is 8.76. The molecule has 1 aromatic rings. The van der Waals surface area contributed by atoms with E-state index in [9.17, 15) is 4.79 Å². The lowest BCUT2D eigenvalue weighted by atomic mass is 9.94. The topological polar surface area (TPSA) is 39.2 Å². The number of ether oxygens (including phenoxy) is 1. The van der Waals surface area contributed by atoms with E-state index in [-0.39, 0.29) is 5.78 Å². The highest BCUT2D eigenvalue weighted by Gasteiger charge is 2.25. The Kier molecular flexibility index (Phi) is 2.65. The first-order chi connectivity index (χ1) is 7.15. The predicted molar refractivity (Wildman–Crippen MR) is 57.8 cm³/mol. The van der Waals surface area contributed by atoms with Crippen molar-refractivity contribution in [3.05, 3.63) is 22.0 Å². The van der Waals surface area contributed by atoms with Crippen molar-refractivity contribution in [2.24, 2.45) is 0 Å². The number of rotatable bonds is 1. The number of nitrogens with zero attached hydrogens (tertiary/aromatic N) is 1. The van der Waals surface area contributed by atoms with E-state index in [2.05, 4.69) is 4.98 Å². The lowest BCUT2D eigenvalue weighted by molar-refractivity contribution is 0.0966. The molecule has 1 aliphatic carbocycles. The van der Waals surface area contributed by atoms with Crippen molar-refractivity contribution < 1.29 is 9.53 Å². The largest absolute Gasteiger partial charge is 0.495 e. The molecule has 0 saturated carbocycles. The average Bonchev–Trinajstić information content (AvgIpc) is 2.22. The molecule has 1 heterocycles. The van der Waals surface area contributed by atoms with Crippen LogP contribution < -0.4 is 4.74 Å². The third kappa shape index (κ3) is 1.61. The summed E-state index contributed by atoms with van der Waals surface area (Å²) in [7, 11) is 1.57. The molecule has 1 aromatic heterocycles. The highest BCUT2D eigenvalue weighted by atomic mass is 35.5. The molecule has 0 saturated heterocycles. The Morgan fingerprint density at radius 3 is 2.80 bits per heavy atom. The molecule has 0 unspecified atom stereocenters. The van der Waals surface area contributed by atoms with E-state index in [1.165, 1.54) is 0 Å². The zero-order valence-corrected chi connectivity index (χ0v) is 9.52. The van der Waals surface area contributed by atoms with E-state index in [0.717, 1.165) is 18.4 Å². The van der Waals surface area contributed by atoms with Crippen molar-refractivity contribution >= 4 is 17.4 Å². The molecule has 0 N–H and O–H groups in total. The molecule has 0 atom stereocenters. The summed E-state index contributed by atoms with van der Waals surface area (Å²) >= 11 is 6.08. The lowest BCUT2D eigenvalue weighted by Gasteiger charge is -2.18. The van der Waals surface area contributed by atoms with Crippen molar-refractivity contribution in [2.75, 3.05) is 7.11 Å². The normalized spacial score (nSPS) is 15.0. The second-order valence-corrected chi connectivity index (χ2v) is 4.03. The molecule has 0 amide bonds. The number of Topliss-reactive ketones (excluding diaryl/α,β-unsaturated/α-hetero) is 1. The first-order valence-corrected chi connectivity index (χ1v) is 5.29. The van der Waals surface area contributed by atoms with E-state index in [4.69, 9.17) is 16.3 Å². The summed E-state index contributed by atoms with van der Waals surface area (Å²) in [6.45, 7) is 1.78. The molecule has 0 aromatic carbocycles. The minimum Gasteiger partial charge on any atom is -0.495 e. The van der Waals surface area contributed by atoms with Crippen LogP contribution in [0.2, 0.25) is 5.02 Å². The second kappa shape index (κ2) is 3.81. The number of hydrogen-bond donors (Lipinski definition) is 0. The van der Waals surface area contributed by atoms with Crippen LogP contribution in [-0.2, 0) is 6.42 Å². The first kappa shape index (κ1) is 10.4. The summed E-state index contributed by atoms with van der Waals surface area (Å²) < 4.78 is 5.25. The highest BCUT2D eigenvalue weighted by molar-refractivity contribution is 6.33. The van der Waals surface area contributed by atoms with Crippen LogP contribution in [0.4, 0.5) is 0 Å². The number of aryl methyl sites for hydroxylation is 1. The molecule has 0 radical (unpaired) electrons. The fraction of sp³-hybridized carbons (Fsp3) is 0.455. The van der Waals surface area contributed by atoms with Gasteiger partial charge in [-0.2, -0.15) is 0 Å². The SMILES string of the molecule is COc1c(Cl)c(C)nc2c1CCCC2=O. The molecule has 0 fully saturated rings. The van der Waals surface area contributed by atoms with Crippen LogP contribution in [-0.4, -0.2) is 17.9 Å². The second-order valence-electron chi connectivity index (χ2n) is 3.65. The van der Waals surface area contributed by atoms with Gasteiger partial charge in [-0.25, -0.2) is 4.98 Å². The van der Waals surface area contributed by atoms with Crippen LogP contribution >= 0.6 is 11.6 Å². The highest BCUT2D eigenvalue weighted by Crippen LogP contribution is 2.36. The van der Waals surface area contributed by atoms with Crippen molar-refractivity contribution in [1.82, 2.24) is 4.98 Å². The maximum atomic E-state index is 11.7. The Labute approximate surface area is 93.4 Å². The number of carbonyl (C=O) groups excluding carboxylic acids is 1. The summed E-state index contributed by atoms with van der Waals surface area (Å²) in [6, 6.07) is 0. The molecule has 1 aliphatic rings. The van der Waals surface area contributed by atoms with Crippen molar-refractivity contribution in [3.8, 4) is 5.75 Å². The third-order valence-corrected chi connectivity index (χ3v) is 3.10. The number of halogens is 1. The van der Waals surface area contributed by atoms with Gasteiger partial charge < -0.3 is 4.74 Å². The number of aromatic nitrogens is 1. The van der Waals surface area contributed by atoms with E-state index in [1.54, 1.807) is 14.0 Å². The Balaban J connectivity index is 2.69. The summed E-state index contributed by atoms with van der Waals surface area (Å²) in [5.74, 6) is 0.710. The Morgan fingerprint density at radius 1 is 1.40 bits per heavy atom. The summed E-state index contributed by atoms with van der Waals surface area (Å²) in [5, 5.41) is 0.519. The van der Waals surface area contributed by atoms with Gasteiger partial charge in [0.2, 0.25) is 0 Å². The van der Waals surface area contributed by atoms with E-state index < -0.39 is 0 Å². The van der Waals surface area contributed by atoms with Gasteiger partial charge in [0.15, 0.2) is 5.78 Å². The Morgan fingerprint density at radius 2 is 2.13 bits per heavy atom. The molecular formula is C11H12ClNO2. The molecule has 3 nitrogen and oxygen atoms in total.